The third kappa shape index (κ3) is 4.63. The number of Topliss-reactive ketones (excluding diaryl/α,β-unsaturated/α-hetero) is 1. The summed E-state index contributed by atoms with van der Waals surface area (Å²) < 4.78 is 9.91. The number of hydrogen-bond acceptors (Lipinski definition) is 5. The van der Waals surface area contributed by atoms with E-state index in [1.165, 1.54) is 7.11 Å². The molecule has 2 rings (SSSR count). The summed E-state index contributed by atoms with van der Waals surface area (Å²) in [6.45, 7) is 6.26. The van der Waals surface area contributed by atoms with E-state index < -0.39 is 12.0 Å². The number of rotatable bonds is 9. The van der Waals surface area contributed by atoms with Gasteiger partial charge in [0.15, 0.2) is 5.78 Å². The van der Waals surface area contributed by atoms with Crippen LogP contribution in [0, 0.1) is 19.8 Å². The lowest BCUT2D eigenvalue weighted by Crippen LogP contribution is -2.46. The Labute approximate surface area is 166 Å². The number of aromatic amines is 1. The van der Waals surface area contributed by atoms with Crippen LogP contribution >= 0.6 is 0 Å². The summed E-state index contributed by atoms with van der Waals surface area (Å²) in [7, 11) is 2.93. The van der Waals surface area contributed by atoms with Crippen LogP contribution in [0.15, 0.2) is 0 Å². The van der Waals surface area contributed by atoms with Crippen LogP contribution in [0.3, 0.4) is 0 Å². The number of carbonyl (C=O) groups is 3. The molecule has 0 saturated heterocycles. The maximum absolute atomic E-state index is 13.3. The molecule has 1 aliphatic carbocycles. The van der Waals surface area contributed by atoms with Crippen LogP contribution in [0.5, 0.6) is 0 Å². The summed E-state index contributed by atoms with van der Waals surface area (Å²) in [6.07, 6.45) is 4.56. The highest BCUT2D eigenvalue weighted by Crippen LogP contribution is 2.28. The number of nitrogens with one attached hydrogen (secondary N) is 1. The maximum Gasteiger partial charge on any atom is 0.354 e. The SMILES string of the molecule is COCCCN(C(=O)C1CCCC1)[C@H](C)C(=O)c1c(C)[nH]c(C(=O)OC)c1C. The number of carbonyl (C=O) groups excluding carboxylic acids is 3. The average Bonchev–Trinajstić information content (AvgIpc) is 3.31. The molecule has 0 aromatic carbocycles. The van der Waals surface area contributed by atoms with E-state index in [0.717, 1.165) is 25.7 Å². The quantitative estimate of drug-likeness (QED) is 0.396. The van der Waals surface area contributed by atoms with E-state index in [9.17, 15) is 14.4 Å². The maximum atomic E-state index is 13.3. The summed E-state index contributed by atoms with van der Waals surface area (Å²) in [6, 6.07) is -0.608. The van der Waals surface area contributed by atoms with E-state index in [1.54, 1.807) is 32.8 Å². The molecule has 28 heavy (non-hydrogen) atoms. The van der Waals surface area contributed by atoms with Gasteiger partial charge in [-0.25, -0.2) is 4.79 Å². The zero-order chi connectivity index (χ0) is 20.8. The number of aromatic nitrogens is 1. The number of ketones is 1. The number of esters is 1. The van der Waals surface area contributed by atoms with Gasteiger partial charge in [0.05, 0.1) is 13.2 Å². The second kappa shape index (κ2) is 9.87. The van der Waals surface area contributed by atoms with Crippen molar-refractivity contribution < 1.29 is 23.9 Å². The third-order valence-corrected chi connectivity index (χ3v) is 5.66. The zero-order valence-corrected chi connectivity index (χ0v) is 17.6. The van der Waals surface area contributed by atoms with E-state index in [1.807, 2.05) is 0 Å². The number of hydrogen-bond donors (Lipinski definition) is 1. The lowest BCUT2D eigenvalue weighted by Gasteiger charge is -2.31. The highest BCUT2D eigenvalue weighted by molar-refractivity contribution is 6.06. The molecular formula is C21H32N2O5. The van der Waals surface area contributed by atoms with Crippen molar-refractivity contribution in [2.75, 3.05) is 27.4 Å². The largest absolute Gasteiger partial charge is 0.464 e. The Kier molecular flexibility index (Phi) is 7.80. The molecule has 156 valence electrons. The van der Waals surface area contributed by atoms with Crippen molar-refractivity contribution >= 4 is 17.7 Å². The van der Waals surface area contributed by atoms with Gasteiger partial charge in [0.1, 0.15) is 5.69 Å². The normalized spacial score (nSPS) is 15.5. The van der Waals surface area contributed by atoms with Crippen molar-refractivity contribution in [3.8, 4) is 0 Å². The molecule has 1 heterocycles. The van der Waals surface area contributed by atoms with Crippen molar-refractivity contribution in [2.45, 2.75) is 58.9 Å². The Morgan fingerprint density at radius 1 is 1.18 bits per heavy atom. The number of nitrogens with zero attached hydrogens (tertiary/aromatic N) is 1. The van der Waals surface area contributed by atoms with Gasteiger partial charge in [-0.15, -0.1) is 0 Å². The van der Waals surface area contributed by atoms with Gasteiger partial charge >= 0.3 is 5.97 Å². The summed E-state index contributed by atoms with van der Waals surface area (Å²) in [5.74, 6) is -0.623. The molecule has 0 unspecified atom stereocenters. The fourth-order valence-corrected chi connectivity index (χ4v) is 4.06. The highest BCUT2D eigenvalue weighted by Gasteiger charge is 2.34. The van der Waals surface area contributed by atoms with Crippen LogP contribution in [0.2, 0.25) is 0 Å². The van der Waals surface area contributed by atoms with Gasteiger partial charge in [-0.1, -0.05) is 12.8 Å². The van der Waals surface area contributed by atoms with E-state index in [2.05, 4.69) is 4.98 Å². The first kappa shape index (κ1) is 22.1. The lowest BCUT2D eigenvalue weighted by molar-refractivity contribution is -0.136. The van der Waals surface area contributed by atoms with Crippen LogP contribution in [-0.4, -0.2) is 61.0 Å². The van der Waals surface area contributed by atoms with Crippen molar-refractivity contribution in [1.29, 1.82) is 0 Å². The van der Waals surface area contributed by atoms with Crippen LogP contribution in [0.1, 0.15) is 71.1 Å². The molecule has 1 saturated carbocycles. The van der Waals surface area contributed by atoms with Crippen molar-refractivity contribution in [3.05, 3.63) is 22.5 Å². The first-order valence-corrected chi connectivity index (χ1v) is 9.94. The highest BCUT2D eigenvalue weighted by atomic mass is 16.5. The zero-order valence-electron chi connectivity index (χ0n) is 17.6. The standard InChI is InChI=1S/C21H32N2O5/c1-13-17(14(2)22-18(13)21(26)28-5)19(24)15(3)23(11-8-12-27-4)20(25)16-9-6-7-10-16/h15-16,22H,6-12H2,1-5H3/t15-/m1/s1. The summed E-state index contributed by atoms with van der Waals surface area (Å²) >= 11 is 0. The molecule has 1 aromatic rings. The molecule has 7 nitrogen and oxygen atoms in total. The Bertz CT molecular complexity index is 719. The third-order valence-electron chi connectivity index (χ3n) is 5.66. The van der Waals surface area contributed by atoms with Gasteiger partial charge < -0.3 is 19.4 Å². The van der Waals surface area contributed by atoms with E-state index in [0.29, 0.717) is 36.4 Å². The van der Waals surface area contributed by atoms with Gasteiger partial charge in [-0.3, -0.25) is 9.59 Å². The predicted molar refractivity (Wildman–Crippen MR) is 106 cm³/mol. The molecule has 0 bridgehead atoms. The summed E-state index contributed by atoms with van der Waals surface area (Å²) in [4.78, 5) is 43.0. The molecule has 1 amide bonds. The van der Waals surface area contributed by atoms with E-state index in [-0.39, 0.29) is 23.3 Å². The van der Waals surface area contributed by atoms with Crippen LogP contribution < -0.4 is 0 Å². The minimum Gasteiger partial charge on any atom is -0.464 e. The van der Waals surface area contributed by atoms with Gasteiger partial charge in [0.2, 0.25) is 5.91 Å². The van der Waals surface area contributed by atoms with Crippen molar-refractivity contribution in [2.24, 2.45) is 5.92 Å². The van der Waals surface area contributed by atoms with Crippen LogP contribution in [0.25, 0.3) is 0 Å². The molecule has 1 fully saturated rings. The first-order chi connectivity index (χ1) is 13.3. The second-order valence-corrected chi connectivity index (χ2v) is 7.52. The Morgan fingerprint density at radius 3 is 2.39 bits per heavy atom. The first-order valence-electron chi connectivity index (χ1n) is 9.94. The van der Waals surface area contributed by atoms with Crippen molar-refractivity contribution in [1.82, 2.24) is 9.88 Å². The second-order valence-electron chi connectivity index (χ2n) is 7.52. The fraction of sp³-hybridized carbons (Fsp3) is 0.667. The average molecular weight is 392 g/mol. The molecule has 1 atom stereocenters. The Morgan fingerprint density at radius 2 is 1.82 bits per heavy atom. The Balaban J connectivity index is 2.28. The van der Waals surface area contributed by atoms with E-state index in [4.69, 9.17) is 9.47 Å². The molecule has 0 spiro atoms. The number of aryl methyl sites for hydroxylation is 1. The number of amides is 1. The summed E-state index contributed by atoms with van der Waals surface area (Å²) in [5.41, 5.74) is 1.92. The van der Waals surface area contributed by atoms with Gasteiger partial charge in [-0.2, -0.15) is 0 Å². The molecule has 1 N–H and O–H groups in total. The molecule has 7 heteroatoms. The van der Waals surface area contributed by atoms with Gasteiger partial charge in [0, 0.05) is 37.4 Å². The summed E-state index contributed by atoms with van der Waals surface area (Å²) in [5, 5.41) is 0. The number of H-pyrrole nitrogens is 1. The Hall–Kier alpha value is -2.15. The number of ether oxygens (including phenoxy) is 2. The van der Waals surface area contributed by atoms with Gasteiger partial charge in [0.25, 0.3) is 0 Å². The minimum atomic E-state index is -0.608. The number of methoxy groups -OCH3 is 2. The lowest BCUT2D eigenvalue weighted by atomic mass is 9.98. The molecule has 0 radical (unpaired) electrons. The predicted octanol–water partition coefficient (Wildman–Crippen LogP) is 3.04. The monoisotopic (exact) mass is 392 g/mol. The topological polar surface area (TPSA) is 88.7 Å². The van der Waals surface area contributed by atoms with Crippen LogP contribution in [-0.2, 0) is 14.3 Å². The van der Waals surface area contributed by atoms with Crippen LogP contribution in [0.4, 0.5) is 0 Å². The fourth-order valence-electron chi connectivity index (χ4n) is 4.06. The molecule has 0 aliphatic heterocycles. The molecule has 1 aliphatic rings. The van der Waals surface area contributed by atoms with Crippen molar-refractivity contribution in [3.63, 3.8) is 0 Å². The minimum absolute atomic E-state index is 0.00292. The van der Waals surface area contributed by atoms with Gasteiger partial charge in [-0.05, 0) is 45.6 Å². The smallest absolute Gasteiger partial charge is 0.354 e. The van der Waals surface area contributed by atoms with E-state index >= 15 is 0 Å². The molecule has 1 aromatic heterocycles. The molecular weight excluding hydrogens is 360 g/mol.